The monoisotopic (exact) mass is 304 g/mol. The minimum atomic E-state index is -4.44. The molecular formula is C12H12ClF3N4. The quantitative estimate of drug-likeness (QED) is 0.944. The zero-order valence-electron chi connectivity index (χ0n) is 10.4. The van der Waals surface area contributed by atoms with Crippen LogP contribution in [-0.4, -0.2) is 27.2 Å². The first-order chi connectivity index (χ1) is 9.45. The number of nitrogens with one attached hydrogen (secondary N) is 1. The van der Waals surface area contributed by atoms with E-state index in [1.54, 1.807) is 0 Å². The van der Waals surface area contributed by atoms with E-state index in [-0.39, 0.29) is 10.7 Å². The second kappa shape index (κ2) is 4.89. The minimum absolute atomic E-state index is 0.0475. The van der Waals surface area contributed by atoms with Gasteiger partial charge in [-0.25, -0.2) is 0 Å². The molecule has 0 saturated heterocycles. The molecule has 0 aliphatic heterocycles. The van der Waals surface area contributed by atoms with E-state index in [1.807, 2.05) is 0 Å². The van der Waals surface area contributed by atoms with Gasteiger partial charge in [0.25, 0.3) is 0 Å². The molecule has 0 amide bonds. The molecule has 0 radical (unpaired) electrons. The number of alkyl halides is 3. The third-order valence-corrected chi connectivity index (χ3v) is 3.49. The molecule has 20 heavy (non-hydrogen) atoms. The molecule has 2 heterocycles. The molecule has 2 aromatic rings. The van der Waals surface area contributed by atoms with Gasteiger partial charge in [-0.1, -0.05) is 11.6 Å². The lowest BCUT2D eigenvalue weighted by Crippen LogP contribution is -2.20. The van der Waals surface area contributed by atoms with Crippen molar-refractivity contribution in [2.75, 3.05) is 6.54 Å². The second-order valence-electron chi connectivity index (χ2n) is 4.86. The van der Waals surface area contributed by atoms with Gasteiger partial charge in [-0.15, -0.1) is 10.2 Å². The van der Waals surface area contributed by atoms with Crippen molar-refractivity contribution in [1.29, 1.82) is 0 Å². The molecule has 0 spiro atoms. The summed E-state index contributed by atoms with van der Waals surface area (Å²) in [6.07, 6.45) is -0.621. The maximum absolute atomic E-state index is 12.8. The fourth-order valence-electron chi connectivity index (χ4n) is 2.00. The van der Waals surface area contributed by atoms with Gasteiger partial charge in [0.1, 0.15) is 5.82 Å². The molecule has 0 unspecified atom stereocenters. The highest BCUT2D eigenvalue weighted by molar-refractivity contribution is 6.33. The molecule has 2 aromatic heterocycles. The van der Waals surface area contributed by atoms with Crippen molar-refractivity contribution in [3.8, 4) is 0 Å². The van der Waals surface area contributed by atoms with E-state index in [2.05, 4.69) is 15.5 Å². The van der Waals surface area contributed by atoms with E-state index < -0.39 is 11.7 Å². The van der Waals surface area contributed by atoms with Gasteiger partial charge in [0, 0.05) is 25.2 Å². The molecule has 1 fully saturated rings. The van der Waals surface area contributed by atoms with Crippen molar-refractivity contribution in [3.05, 3.63) is 28.7 Å². The molecule has 8 heteroatoms. The third-order valence-electron chi connectivity index (χ3n) is 3.22. The predicted octanol–water partition coefficient (Wildman–Crippen LogP) is 2.70. The number of hydrogen-bond acceptors (Lipinski definition) is 3. The maximum Gasteiger partial charge on any atom is 0.417 e. The van der Waals surface area contributed by atoms with Gasteiger partial charge in [-0.2, -0.15) is 13.2 Å². The summed E-state index contributed by atoms with van der Waals surface area (Å²) in [4.78, 5) is 0. The van der Waals surface area contributed by atoms with E-state index >= 15 is 0 Å². The van der Waals surface area contributed by atoms with Gasteiger partial charge >= 0.3 is 6.18 Å². The molecule has 0 bridgehead atoms. The van der Waals surface area contributed by atoms with Crippen molar-refractivity contribution < 1.29 is 13.2 Å². The Morgan fingerprint density at radius 3 is 2.75 bits per heavy atom. The fraction of sp³-hybridized carbons (Fsp3) is 0.500. The molecule has 1 aliphatic rings. The molecule has 1 saturated carbocycles. The van der Waals surface area contributed by atoms with Crippen molar-refractivity contribution in [2.45, 2.75) is 31.5 Å². The van der Waals surface area contributed by atoms with Gasteiger partial charge in [0.15, 0.2) is 5.65 Å². The van der Waals surface area contributed by atoms with Gasteiger partial charge < -0.3 is 5.32 Å². The summed E-state index contributed by atoms with van der Waals surface area (Å²) in [5.74, 6) is 0.473. The number of halogens is 4. The Hall–Kier alpha value is -1.34. The average molecular weight is 305 g/mol. The topological polar surface area (TPSA) is 42.2 Å². The average Bonchev–Trinajstić information content (AvgIpc) is 3.09. The Balaban J connectivity index is 1.89. The summed E-state index contributed by atoms with van der Waals surface area (Å²) < 4.78 is 39.6. The summed E-state index contributed by atoms with van der Waals surface area (Å²) in [5.41, 5.74) is -0.549. The van der Waals surface area contributed by atoms with Crippen LogP contribution >= 0.6 is 11.6 Å². The molecule has 4 nitrogen and oxygen atoms in total. The lowest BCUT2D eigenvalue weighted by Gasteiger charge is -2.09. The van der Waals surface area contributed by atoms with E-state index in [0.717, 1.165) is 25.1 Å². The molecule has 108 valence electrons. The van der Waals surface area contributed by atoms with Gasteiger partial charge in [-0.3, -0.25) is 4.40 Å². The van der Waals surface area contributed by atoms with Crippen LogP contribution in [0.25, 0.3) is 5.65 Å². The smallest absolute Gasteiger partial charge is 0.314 e. The van der Waals surface area contributed by atoms with Crippen LogP contribution in [0, 0.1) is 0 Å². The largest absolute Gasteiger partial charge is 0.417 e. The summed E-state index contributed by atoms with van der Waals surface area (Å²) >= 11 is 5.84. The molecular weight excluding hydrogens is 293 g/mol. The summed E-state index contributed by atoms with van der Waals surface area (Å²) in [5, 5.41) is 11.0. The standard InChI is InChI=1S/C12H12ClF3N4/c13-9-5-7(12(14,15)16)6-20-10(18-19-11(9)20)3-4-17-8-1-2-8/h5-6,8,17H,1-4H2. The third kappa shape index (κ3) is 2.73. The zero-order chi connectivity index (χ0) is 14.3. The van der Waals surface area contributed by atoms with E-state index in [9.17, 15) is 13.2 Å². The fourth-order valence-corrected chi connectivity index (χ4v) is 2.25. The van der Waals surface area contributed by atoms with Crippen LogP contribution in [0.15, 0.2) is 12.3 Å². The number of hydrogen-bond donors (Lipinski definition) is 1. The van der Waals surface area contributed by atoms with E-state index in [0.29, 0.717) is 24.8 Å². The van der Waals surface area contributed by atoms with E-state index in [1.165, 1.54) is 4.40 Å². The van der Waals surface area contributed by atoms with Crippen LogP contribution in [0.4, 0.5) is 13.2 Å². The molecule has 0 atom stereocenters. The molecule has 0 aromatic carbocycles. The summed E-state index contributed by atoms with van der Waals surface area (Å²) in [6.45, 7) is 0.666. The lowest BCUT2D eigenvalue weighted by atomic mass is 10.2. The predicted molar refractivity (Wildman–Crippen MR) is 67.7 cm³/mol. The van der Waals surface area contributed by atoms with Crippen LogP contribution < -0.4 is 5.32 Å². The number of aromatic nitrogens is 3. The first kappa shape index (κ1) is 13.6. The van der Waals surface area contributed by atoms with Crippen LogP contribution in [0.5, 0.6) is 0 Å². The first-order valence-electron chi connectivity index (χ1n) is 6.29. The zero-order valence-corrected chi connectivity index (χ0v) is 11.2. The van der Waals surface area contributed by atoms with Gasteiger partial charge in [0.05, 0.1) is 10.6 Å². The summed E-state index contributed by atoms with van der Waals surface area (Å²) in [7, 11) is 0. The van der Waals surface area contributed by atoms with Crippen LogP contribution in [0.3, 0.4) is 0 Å². The van der Waals surface area contributed by atoms with Crippen molar-refractivity contribution in [3.63, 3.8) is 0 Å². The van der Waals surface area contributed by atoms with Gasteiger partial charge in [-0.05, 0) is 18.9 Å². The first-order valence-corrected chi connectivity index (χ1v) is 6.66. The van der Waals surface area contributed by atoms with Crippen molar-refractivity contribution in [1.82, 2.24) is 19.9 Å². The van der Waals surface area contributed by atoms with Crippen molar-refractivity contribution in [2.24, 2.45) is 0 Å². The Kier molecular flexibility index (Phi) is 3.33. The highest BCUT2D eigenvalue weighted by Crippen LogP contribution is 2.32. The highest BCUT2D eigenvalue weighted by Gasteiger charge is 2.32. The number of pyridine rings is 1. The Morgan fingerprint density at radius 2 is 2.10 bits per heavy atom. The minimum Gasteiger partial charge on any atom is -0.314 e. The Bertz CT molecular complexity index is 633. The normalized spacial score (nSPS) is 16.0. The number of fused-ring (bicyclic) bond motifs is 1. The van der Waals surface area contributed by atoms with Crippen LogP contribution in [0.1, 0.15) is 24.2 Å². The van der Waals surface area contributed by atoms with E-state index in [4.69, 9.17) is 11.6 Å². The number of nitrogens with zero attached hydrogens (tertiary/aromatic N) is 3. The van der Waals surface area contributed by atoms with Crippen LogP contribution in [-0.2, 0) is 12.6 Å². The number of rotatable bonds is 4. The van der Waals surface area contributed by atoms with Gasteiger partial charge in [0.2, 0.25) is 0 Å². The maximum atomic E-state index is 12.8. The summed E-state index contributed by atoms with van der Waals surface area (Å²) in [6, 6.07) is 1.42. The Morgan fingerprint density at radius 1 is 1.35 bits per heavy atom. The molecule has 1 aliphatic carbocycles. The Labute approximate surface area is 117 Å². The SMILES string of the molecule is FC(F)(F)c1cc(Cl)c2nnc(CCNC3CC3)n2c1. The van der Waals surface area contributed by atoms with Crippen LogP contribution in [0.2, 0.25) is 5.02 Å². The second-order valence-corrected chi connectivity index (χ2v) is 5.27. The molecule has 1 N–H and O–H groups in total. The molecule has 3 rings (SSSR count). The lowest BCUT2D eigenvalue weighted by molar-refractivity contribution is -0.137. The highest BCUT2D eigenvalue weighted by atomic mass is 35.5. The van der Waals surface area contributed by atoms with Crippen molar-refractivity contribution >= 4 is 17.2 Å².